The minimum absolute atomic E-state index is 0.0863. The number of hydrogen-bond donors (Lipinski definition) is 0. The molecule has 0 saturated heterocycles. The Labute approximate surface area is 139 Å². The average molecular weight is 344 g/mol. The highest BCUT2D eigenvalue weighted by Gasteiger charge is 2.34. The molecule has 0 aliphatic carbocycles. The first-order valence-corrected chi connectivity index (χ1v) is 8.89. The van der Waals surface area contributed by atoms with Crippen LogP contribution < -0.4 is 10.7 Å². The first-order chi connectivity index (χ1) is 11.5. The van der Waals surface area contributed by atoms with Crippen LogP contribution in [0.5, 0.6) is 0 Å². The summed E-state index contributed by atoms with van der Waals surface area (Å²) in [4.78, 5) is 13.0. The van der Waals surface area contributed by atoms with Crippen molar-refractivity contribution in [2.75, 3.05) is 14.2 Å². The Hall–Kier alpha value is -2.20. The van der Waals surface area contributed by atoms with E-state index in [1.165, 1.54) is 14.2 Å². The molecule has 0 aliphatic rings. The Balaban J connectivity index is 2.48. The summed E-state index contributed by atoms with van der Waals surface area (Å²) in [6.45, 7) is 1.87. The second kappa shape index (κ2) is 6.36. The first-order valence-electron chi connectivity index (χ1n) is 7.35. The smallest absolute Gasteiger partial charge is 0.368 e. The highest BCUT2D eigenvalue weighted by Crippen LogP contribution is 2.47. The molecule has 124 valence electrons. The number of hydrogen-bond acceptors (Lipinski definition) is 5. The molecule has 6 heteroatoms. The lowest BCUT2D eigenvalue weighted by molar-refractivity contribution is 0.287. The van der Waals surface area contributed by atoms with E-state index in [-0.39, 0.29) is 11.1 Å². The standard InChI is InChI=1S/C18H17O5P/c1-12-9-10-15-14(11-12)16(19)18(24(20,21-2)22-3)17(23-15)13-7-5-4-6-8-13/h4-11H,1-3H3. The van der Waals surface area contributed by atoms with Gasteiger partial charge in [0.05, 0.1) is 5.39 Å². The van der Waals surface area contributed by atoms with E-state index in [0.29, 0.717) is 16.5 Å². The fourth-order valence-electron chi connectivity index (χ4n) is 2.59. The molecule has 0 unspecified atom stereocenters. The third kappa shape index (κ3) is 2.71. The normalized spacial score (nSPS) is 11.8. The minimum atomic E-state index is -3.80. The molecule has 0 radical (unpaired) electrons. The van der Waals surface area contributed by atoms with Crippen molar-refractivity contribution in [2.24, 2.45) is 0 Å². The Morgan fingerprint density at radius 3 is 2.29 bits per heavy atom. The second-order valence-electron chi connectivity index (χ2n) is 5.34. The molecule has 0 N–H and O–H groups in total. The van der Waals surface area contributed by atoms with Gasteiger partial charge in [-0.25, -0.2) is 0 Å². The Morgan fingerprint density at radius 2 is 1.67 bits per heavy atom. The van der Waals surface area contributed by atoms with Gasteiger partial charge in [-0.1, -0.05) is 42.0 Å². The molecule has 2 aromatic carbocycles. The maximum atomic E-state index is 13.0. The molecule has 3 aromatic rings. The SMILES string of the molecule is COP(=O)(OC)c1c(-c2ccccc2)oc2ccc(C)cc2c1=O. The molecule has 0 spiro atoms. The van der Waals surface area contributed by atoms with Gasteiger partial charge in [-0.15, -0.1) is 0 Å². The van der Waals surface area contributed by atoms with Crippen molar-refractivity contribution in [1.82, 2.24) is 0 Å². The maximum absolute atomic E-state index is 13.0. The fraction of sp³-hybridized carbons (Fsp3) is 0.167. The van der Waals surface area contributed by atoms with Gasteiger partial charge in [-0.2, -0.15) is 0 Å². The van der Waals surface area contributed by atoms with E-state index in [9.17, 15) is 9.36 Å². The summed E-state index contributed by atoms with van der Waals surface area (Å²) >= 11 is 0. The van der Waals surface area contributed by atoms with Crippen LogP contribution in [0.25, 0.3) is 22.3 Å². The van der Waals surface area contributed by atoms with E-state index in [1.54, 1.807) is 24.3 Å². The summed E-state index contributed by atoms with van der Waals surface area (Å²) in [5.74, 6) is 0.198. The molecule has 0 amide bonds. The van der Waals surface area contributed by atoms with Gasteiger partial charge >= 0.3 is 7.60 Å². The molecule has 3 rings (SSSR count). The van der Waals surface area contributed by atoms with Gasteiger partial charge in [0.1, 0.15) is 5.58 Å². The van der Waals surface area contributed by atoms with Gasteiger partial charge in [0, 0.05) is 19.8 Å². The second-order valence-corrected chi connectivity index (χ2v) is 7.51. The summed E-state index contributed by atoms with van der Waals surface area (Å²) in [6.07, 6.45) is 0. The van der Waals surface area contributed by atoms with Crippen LogP contribution in [0.15, 0.2) is 57.7 Å². The lowest BCUT2D eigenvalue weighted by Crippen LogP contribution is -2.28. The Kier molecular flexibility index (Phi) is 4.41. The largest absolute Gasteiger partial charge is 0.455 e. The monoisotopic (exact) mass is 344 g/mol. The van der Waals surface area contributed by atoms with E-state index in [1.807, 2.05) is 31.2 Å². The summed E-state index contributed by atoms with van der Waals surface area (Å²) in [5, 5.41) is 0.260. The number of fused-ring (bicyclic) bond motifs is 1. The van der Waals surface area contributed by atoms with E-state index in [0.717, 1.165) is 5.56 Å². The highest BCUT2D eigenvalue weighted by atomic mass is 31.2. The van der Waals surface area contributed by atoms with Crippen molar-refractivity contribution in [2.45, 2.75) is 6.92 Å². The van der Waals surface area contributed by atoms with E-state index in [2.05, 4.69) is 0 Å². The van der Waals surface area contributed by atoms with Crippen molar-refractivity contribution in [3.63, 3.8) is 0 Å². The van der Waals surface area contributed by atoms with Crippen LogP contribution >= 0.6 is 7.60 Å². The van der Waals surface area contributed by atoms with Crippen molar-refractivity contribution >= 4 is 23.9 Å². The quantitative estimate of drug-likeness (QED) is 0.672. The van der Waals surface area contributed by atoms with Crippen LogP contribution in [0.1, 0.15) is 5.56 Å². The molecule has 0 bridgehead atoms. The number of benzene rings is 2. The van der Waals surface area contributed by atoms with Crippen LogP contribution in [-0.2, 0) is 13.6 Å². The molecule has 0 aliphatic heterocycles. The Morgan fingerprint density at radius 1 is 1.00 bits per heavy atom. The van der Waals surface area contributed by atoms with Crippen LogP contribution in [-0.4, -0.2) is 14.2 Å². The van der Waals surface area contributed by atoms with E-state index >= 15 is 0 Å². The van der Waals surface area contributed by atoms with Crippen LogP contribution in [0.2, 0.25) is 0 Å². The van der Waals surface area contributed by atoms with Gasteiger partial charge < -0.3 is 13.5 Å². The third-order valence-electron chi connectivity index (χ3n) is 3.81. The maximum Gasteiger partial charge on any atom is 0.368 e. The van der Waals surface area contributed by atoms with Gasteiger partial charge in [-0.3, -0.25) is 9.36 Å². The predicted molar refractivity (Wildman–Crippen MR) is 93.9 cm³/mol. The van der Waals surface area contributed by atoms with Gasteiger partial charge in [0.15, 0.2) is 11.1 Å². The molecule has 1 heterocycles. The lowest BCUT2D eigenvalue weighted by Gasteiger charge is -2.17. The summed E-state index contributed by atoms with van der Waals surface area (Å²) in [7, 11) is -1.30. The first kappa shape index (κ1) is 16.7. The topological polar surface area (TPSA) is 65.7 Å². The van der Waals surface area contributed by atoms with Crippen LogP contribution in [0.3, 0.4) is 0 Å². The molecular weight excluding hydrogens is 327 g/mol. The van der Waals surface area contributed by atoms with Crippen molar-refractivity contribution in [3.05, 3.63) is 64.3 Å². The molecular formula is C18H17O5P. The Bertz CT molecular complexity index is 983. The zero-order valence-corrected chi connectivity index (χ0v) is 14.5. The van der Waals surface area contributed by atoms with Crippen LogP contribution in [0.4, 0.5) is 0 Å². The summed E-state index contributed by atoms with van der Waals surface area (Å²) < 4.78 is 29.1. The molecule has 0 fully saturated rings. The van der Waals surface area contributed by atoms with Crippen molar-refractivity contribution < 1.29 is 18.0 Å². The summed E-state index contributed by atoms with van der Waals surface area (Å²) in [6, 6.07) is 14.3. The average Bonchev–Trinajstić information content (AvgIpc) is 2.62. The van der Waals surface area contributed by atoms with E-state index < -0.39 is 13.0 Å². The van der Waals surface area contributed by atoms with E-state index in [4.69, 9.17) is 13.5 Å². The van der Waals surface area contributed by atoms with Crippen molar-refractivity contribution in [3.8, 4) is 11.3 Å². The molecule has 1 aromatic heterocycles. The minimum Gasteiger partial charge on any atom is -0.455 e. The molecule has 24 heavy (non-hydrogen) atoms. The summed E-state index contributed by atoms with van der Waals surface area (Å²) in [5.41, 5.74) is 1.54. The fourth-order valence-corrected chi connectivity index (χ4v) is 3.90. The van der Waals surface area contributed by atoms with Crippen LogP contribution in [0, 0.1) is 6.92 Å². The van der Waals surface area contributed by atoms with Gasteiger partial charge in [0.25, 0.3) is 0 Å². The third-order valence-corrected chi connectivity index (χ3v) is 5.73. The zero-order valence-electron chi connectivity index (χ0n) is 13.6. The molecule has 5 nitrogen and oxygen atoms in total. The van der Waals surface area contributed by atoms with Gasteiger partial charge in [-0.05, 0) is 19.1 Å². The lowest BCUT2D eigenvalue weighted by atomic mass is 10.1. The van der Waals surface area contributed by atoms with Crippen molar-refractivity contribution in [1.29, 1.82) is 0 Å². The van der Waals surface area contributed by atoms with Gasteiger partial charge in [0.2, 0.25) is 5.43 Å². The number of rotatable bonds is 4. The molecule has 0 atom stereocenters. The predicted octanol–water partition coefficient (Wildman–Crippen LogP) is 3.88. The zero-order chi connectivity index (χ0) is 17.3. The number of aryl methyl sites for hydroxylation is 1. The molecule has 0 saturated carbocycles. The highest BCUT2D eigenvalue weighted by molar-refractivity contribution is 7.62.